The van der Waals surface area contributed by atoms with E-state index in [9.17, 15) is 23.4 Å². The summed E-state index contributed by atoms with van der Waals surface area (Å²) in [7, 11) is -5.79. The largest absolute Gasteiger partial charge is 0.741 e. The van der Waals surface area contributed by atoms with Crippen molar-refractivity contribution in [1.29, 1.82) is 0 Å². The number of phenols is 2. The molecule has 1 fully saturated rings. The first-order valence-corrected chi connectivity index (χ1v) is 10.1. The summed E-state index contributed by atoms with van der Waals surface area (Å²) in [4.78, 5) is 1.30. The van der Waals surface area contributed by atoms with E-state index in [4.69, 9.17) is 13.0 Å². The number of aromatic hydroxyl groups is 2. The Morgan fingerprint density at radius 3 is 2.08 bits per heavy atom. The van der Waals surface area contributed by atoms with Gasteiger partial charge in [-0.25, -0.2) is 8.42 Å². The van der Waals surface area contributed by atoms with Gasteiger partial charge >= 0.3 is 5.51 Å². The smallest absolute Gasteiger partial charge is 0.485 e. The van der Waals surface area contributed by atoms with Gasteiger partial charge in [0.2, 0.25) is 0 Å². The summed E-state index contributed by atoms with van der Waals surface area (Å²) >= 11 is 0. The molecule has 138 valence electrons. The molecule has 2 aromatic carbocycles. The zero-order valence-electron chi connectivity index (χ0n) is 12.8. The molecular formula is C15H15F3O5S2. The molecule has 1 aliphatic heterocycles. The van der Waals surface area contributed by atoms with Crippen molar-refractivity contribution in [2.24, 2.45) is 0 Å². The van der Waals surface area contributed by atoms with Crippen molar-refractivity contribution in [1.82, 2.24) is 0 Å². The summed E-state index contributed by atoms with van der Waals surface area (Å²) < 4.78 is 58.9. The number of phenolic OH excluding ortho intramolecular Hbond substituents is 2. The predicted molar refractivity (Wildman–Crippen MR) is 87.6 cm³/mol. The number of alkyl halides is 3. The van der Waals surface area contributed by atoms with Crippen LogP contribution in [0.4, 0.5) is 13.2 Å². The fraction of sp³-hybridized carbons (Fsp3) is 0.333. The topological polar surface area (TPSA) is 97.7 Å². The van der Waals surface area contributed by atoms with Gasteiger partial charge in [0.15, 0.2) is 15.0 Å². The Labute approximate surface area is 145 Å². The third kappa shape index (κ3) is 4.71. The lowest BCUT2D eigenvalue weighted by molar-refractivity contribution is -0.0517. The molecule has 0 amide bonds. The van der Waals surface area contributed by atoms with Gasteiger partial charge in [0.1, 0.15) is 23.0 Å². The Balaban J connectivity index is 0.000000242. The van der Waals surface area contributed by atoms with E-state index in [0.717, 1.165) is 10.8 Å². The van der Waals surface area contributed by atoms with Crippen LogP contribution in [0.3, 0.4) is 0 Å². The van der Waals surface area contributed by atoms with Crippen LogP contribution in [-0.4, -0.2) is 40.2 Å². The zero-order valence-corrected chi connectivity index (χ0v) is 14.4. The highest BCUT2D eigenvalue weighted by atomic mass is 32.2. The summed E-state index contributed by atoms with van der Waals surface area (Å²) in [6.45, 7) is 0. The molecule has 1 aliphatic rings. The molecule has 10 heteroatoms. The number of rotatable bonds is 1. The molecule has 1 saturated heterocycles. The summed E-state index contributed by atoms with van der Waals surface area (Å²) in [5.41, 5.74) is -5.65. The van der Waals surface area contributed by atoms with Crippen LogP contribution in [-0.2, 0) is 21.0 Å². The minimum atomic E-state index is -6.09. The van der Waals surface area contributed by atoms with E-state index < -0.39 is 15.6 Å². The number of halogens is 3. The minimum Gasteiger partial charge on any atom is -0.741 e. The van der Waals surface area contributed by atoms with Gasteiger partial charge in [-0.15, -0.1) is 0 Å². The van der Waals surface area contributed by atoms with E-state index in [2.05, 4.69) is 0 Å². The molecule has 25 heavy (non-hydrogen) atoms. The van der Waals surface area contributed by atoms with Crippen LogP contribution in [0, 0.1) is 0 Å². The van der Waals surface area contributed by atoms with Gasteiger partial charge in [0.25, 0.3) is 0 Å². The standard InChI is InChI=1S/C14H14O2S.CHF3O3S/c15-10-3-4-11-12(9-10)14(6-5-13(11)16)17-7-1-2-8-17;2-1(3,4)8(5,6)7/h3-6,9H,1-2,7-8H2,(H-,15,16);(H,5,6,7). The Hall–Kier alpha value is -1.65. The van der Waals surface area contributed by atoms with Crippen molar-refractivity contribution in [3.63, 3.8) is 0 Å². The molecule has 2 N–H and O–H groups in total. The van der Waals surface area contributed by atoms with Gasteiger partial charge < -0.3 is 14.8 Å². The van der Waals surface area contributed by atoms with E-state index in [1.54, 1.807) is 24.3 Å². The summed E-state index contributed by atoms with van der Waals surface area (Å²) in [6, 6.07) is 8.99. The van der Waals surface area contributed by atoms with Crippen molar-refractivity contribution < 1.29 is 36.4 Å². The number of hydrogen-bond acceptors (Lipinski definition) is 5. The third-order valence-corrected chi connectivity index (χ3v) is 6.67. The molecule has 2 aromatic rings. The maximum Gasteiger partial charge on any atom is 0.485 e. The van der Waals surface area contributed by atoms with Crippen LogP contribution in [0.1, 0.15) is 12.8 Å². The molecular weight excluding hydrogens is 381 g/mol. The molecule has 0 aromatic heterocycles. The third-order valence-electron chi connectivity index (χ3n) is 3.56. The van der Waals surface area contributed by atoms with Crippen LogP contribution in [0.5, 0.6) is 11.5 Å². The Bertz CT molecular complexity index is 859. The normalized spacial score (nSPS) is 15.8. The Kier molecular flexibility index (Phi) is 5.75. The fourth-order valence-electron chi connectivity index (χ4n) is 2.42. The Morgan fingerprint density at radius 2 is 1.56 bits per heavy atom. The van der Waals surface area contributed by atoms with Crippen LogP contribution in [0.15, 0.2) is 35.2 Å². The number of fused-ring (bicyclic) bond motifs is 1. The zero-order chi connectivity index (χ0) is 18.8. The van der Waals surface area contributed by atoms with Crippen molar-refractivity contribution in [2.75, 3.05) is 11.5 Å². The van der Waals surface area contributed by atoms with Crippen LogP contribution in [0.2, 0.25) is 0 Å². The molecule has 0 spiro atoms. The Morgan fingerprint density at radius 1 is 1.00 bits per heavy atom. The first kappa shape index (κ1) is 19.7. The molecule has 0 unspecified atom stereocenters. The van der Waals surface area contributed by atoms with E-state index >= 15 is 0 Å². The summed E-state index contributed by atoms with van der Waals surface area (Å²) in [5.74, 6) is 3.06. The van der Waals surface area contributed by atoms with Gasteiger partial charge in [0, 0.05) is 21.7 Å². The summed E-state index contributed by atoms with van der Waals surface area (Å²) in [6.07, 6.45) is 2.59. The second-order valence-corrected chi connectivity index (χ2v) is 8.93. The summed E-state index contributed by atoms with van der Waals surface area (Å²) in [5, 5.41) is 21.3. The SMILES string of the molecule is O=S(=O)([O-])C(F)(F)F.Oc1ccc2c(O)ccc([S+]3CCCC3)c2c1. The molecule has 0 bridgehead atoms. The average Bonchev–Trinajstić information content (AvgIpc) is 3.00. The predicted octanol–water partition coefficient (Wildman–Crippen LogP) is 3.07. The second-order valence-electron chi connectivity index (χ2n) is 5.32. The van der Waals surface area contributed by atoms with Gasteiger partial charge in [-0.05, 0) is 43.2 Å². The average molecular weight is 396 g/mol. The van der Waals surface area contributed by atoms with Crippen molar-refractivity contribution in [2.45, 2.75) is 23.2 Å². The first-order valence-electron chi connectivity index (χ1n) is 7.15. The monoisotopic (exact) mass is 396 g/mol. The first-order chi connectivity index (χ1) is 11.5. The van der Waals surface area contributed by atoms with E-state index in [0.29, 0.717) is 16.6 Å². The van der Waals surface area contributed by atoms with Crippen molar-refractivity contribution in [3.8, 4) is 11.5 Å². The van der Waals surface area contributed by atoms with E-state index in [1.807, 2.05) is 6.07 Å². The van der Waals surface area contributed by atoms with Crippen molar-refractivity contribution >= 4 is 31.8 Å². The fourth-order valence-corrected chi connectivity index (χ4v) is 4.91. The molecule has 0 atom stereocenters. The molecule has 0 aliphatic carbocycles. The molecule has 3 rings (SSSR count). The van der Waals surface area contributed by atoms with Crippen molar-refractivity contribution in [3.05, 3.63) is 30.3 Å². The maximum atomic E-state index is 10.7. The highest BCUT2D eigenvalue weighted by molar-refractivity contribution is 7.97. The van der Waals surface area contributed by atoms with Crippen LogP contribution >= 0.6 is 0 Å². The lowest BCUT2D eigenvalue weighted by Gasteiger charge is -2.08. The van der Waals surface area contributed by atoms with Crippen LogP contribution in [0.25, 0.3) is 10.8 Å². The molecule has 5 nitrogen and oxygen atoms in total. The highest BCUT2D eigenvalue weighted by Crippen LogP contribution is 2.35. The highest BCUT2D eigenvalue weighted by Gasteiger charge is 2.37. The van der Waals surface area contributed by atoms with Gasteiger partial charge in [0.05, 0.1) is 0 Å². The van der Waals surface area contributed by atoms with Gasteiger partial charge in [-0.3, -0.25) is 0 Å². The number of benzene rings is 2. The minimum absolute atomic E-state index is 0.271. The molecule has 0 saturated carbocycles. The lowest BCUT2D eigenvalue weighted by atomic mass is 10.1. The van der Waals surface area contributed by atoms with E-state index in [-0.39, 0.29) is 5.75 Å². The quantitative estimate of drug-likeness (QED) is 0.439. The molecule has 0 radical (unpaired) electrons. The van der Waals surface area contributed by atoms with Gasteiger partial charge in [-0.1, -0.05) is 0 Å². The molecule has 1 heterocycles. The second kappa shape index (κ2) is 7.30. The van der Waals surface area contributed by atoms with E-state index in [1.165, 1.54) is 29.2 Å². The maximum absolute atomic E-state index is 10.7. The lowest BCUT2D eigenvalue weighted by Crippen LogP contribution is -2.21. The number of hydrogen-bond donors (Lipinski definition) is 2. The van der Waals surface area contributed by atoms with Gasteiger partial charge in [-0.2, -0.15) is 13.2 Å². The van der Waals surface area contributed by atoms with Crippen LogP contribution < -0.4 is 0 Å².